The zero-order valence-electron chi connectivity index (χ0n) is 15.8. The van der Waals surface area contributed by atoms with Gasteiger partial charge in [-0.25, -0.2) is 4.79 Å². The van der Waals surface area contributed by atoms with Crippen molar-refractivity contribution in [3.05, 3.63) is 59.7 Å². The zero-order valence-corrected chi connectivity index (χ0v) is 15.8. The normalized spacial score (nSPS) is 10.2. The number of nitrogens with zero attached hydrogens (tertiary/aromatic N) is 1. The number of carbonyl (C=O) groups excluding carboxylic acids is 3. The van der Waals surface area contributed by atoms with E-state index in [9.17, 15) is 14.4 Å². The Balaban J connectivity index is 2.07. The molecule has 0 heterocycles. The van der Waals surface area contributed by atoms with Gasteiger partial charge < -0.3 is 15.0 Å². The van der Waals surface area contributed by atoms with Gasteiger partial charge >= 0.3 is 5.97 Å². The Morgan fingerprint density at radius 2 is 1.70 bits per heavy atom. The fourth-order valence-electron chi connectivity index (χ4n) is 2.70. The number of ether oxygens (including phenoxy) is 1. The minimum absolute atomic E-state index is 0.102. The van der Waals surface area contributed by atoms with E-state index < -0.39 is 5.97 Å². The third-order valence-corrected chi connectivity index (χ3v) is 4.19. The van der Waals surface area contributed by atoms with E-state index in [0.29, 0.717) is 11.4 Å². The first-order valence-electron chi connectivity index (χ1n) is 8.80. The van der Waals surface area contributed by atoms with Crippen LogP contribution >= 0.6 is 0 Å². The number of hydrogen-bond acceptors (Lipinski definition) is 4. The SMILES string of the molecule is CCc1ccc(NC(=O)CCN(C(C)=O)c2ccccc2C(=O)OC)cc1. The van der Waals surface area contributed by atoms with Crippen LogP contribution in [-0.2, 0) is 20.7 Å². The number of para-hydroxylation sites is 1. The van der Waals surface area contributed by atoms with Crippen LogP contribution in [0.15, 0.2) is 48.5 Å². The molecule has 0 atom stereocenters. The van der Waals surface area contributed by atoms with E-state index in [1.807, 2.05) is 24.3 Å². The number of amides is 2. The molecule has 0 aliphatic rings. The molecule has 0 aliphatic heterocycles. The number of anilines is 2. The van der Waals surface area contributed by atoms with Crippen LogP contribution in [0.3, 0.4) is 0 Å². The van der Waals surface area contributed by atoms with Gasteiger partial charge in [-0.3, -0.25) is 9.59 Å². The van der Waals surface area contributed by atoms with Crippen LogP contribution in [0.25, 0.3) is 0 Å². The average Bonchev–Trinajstić information content (AvgIpc) is 2.68. The highest BCUT2D eigenvalue weighted by Crippen LogP contribution is 2.22. The molecule has 6 heteroatoms. The van der Waals surface area contributed by atoms with E-state index in [1.54, 1.807) is 24.3 Å². The maximum absolute atomic E-state index is 12.3. The lowest BCUT2D eigenvalue weighted by Crippen LogP contribution is -2.33. The van der Waals surface area contributed by atoms with Gasteiger partial charge in [-0.05, 0) is 36.2 Å². The monoisotopic (exact) mass is 368 g/mol. The Morgan fingerprint density at radius 1 is 1.04 bits per heavy atom. The summed E-state index contributed by atoms with van der Waals surface area (Å²) in [5, 5.41) is 2.82. The van der Waals surface area contributed by atoms with Crippen molar-refractivity contribution < 1.29 is 19.1 Å². The van der Waals surface area contributed by atoms with Gasteiger partial charge in [0.15, 0.2) is 0 Å². The molecule has 0 radical (unpaired) electrons. The van der Waals surface area contributed by atoms with Crippen LogP contribution in [0.2, 0.25) is 0 Å². The molecule has 0 aromatic heterocycles. The van der Waals surface area contributed by atoms with Gasteiger partial charge in [-0.2, -0.15) is 0 Å². The summed E-state index contributed by atoms with van der Waals surface area (Å²) in [6.45, 7) is 3.62. The van der Waals surface area contributed by atoms with Gasteiger partial charge in [0.1, 0.15) is 0 Å². The molecular formula is C21H24N2O4. The van der Waals surface area contributed by atoms with Crippen molar-refractivity contribution in [1.82, 2.24) is 0 Å². The highest BCUT2D eigenvalue weighted by molar-refractivity contribution is 6.02. The highest BCUT2D eigenvalue weighted by Gasteiger charge is 2.20. The minimum Gasteiger partial charge on any atom is -0.465 e. The Labute approximate surface area is 159 Å². The number of nitrogens with one attached hydrogen (secondary N) is 1. The van der Waals surface area contributed by atoms with Crippen molar-refractivity contribution in [1.29, 1.82) is 0 Å². The molecule has 0 unspecified atom stereocenters. The van der Waals surface area contributed by atoms with Crippen molar-refractivity contribution >= 4 is 29.2 Å². The second-order valence-corrected chi connectivity index (χ2v) is 6.03. The first kappa shape index (κ1) is 20.2. The molecule has 2 aromatic rings. The summed E-state index contributed by atoms with van der Waals surface area (Å²) in [6.07, 6.45) is 1.03. The van der Waals surface area contributed by atoms with E-state index in [4.69, 9.17) is 4.74 Å². The molecule has 0 fully saturated rings. The van der Waals surface area contributed by atoms with E-state index in [1.165, 1.54) is 24.5 Å². The van der Waals surface area contributed by atoms with Crippen LogP contribution in [0, 0.1) is 0 Å². The summed E-state index contributed by atoms with van der Waals surface area (Å²) in [7, 11) is 1.29. The van der Waals surface area contributed by atoms with E-state index in [2.05, 4.69) is 12.2 Å². The lowest BCUT2D eigenvalue weighted by atomic mass is 10.1. The largest absolute Gasteiger partial charge is 0.465 e. The summed E-state index contributed by atoms with van der Waals surface area (Å²) in [5.74, 6) is -0.996. The summed E-state index contributed by atoms with van der Waals surface area (Å²) < 4.78 is 4.77. The summed E-state index contributed by atoms with van der Waals surface area (Å²) in [4.78, 5) is 37.7. The molecule has 0 spiro atoms. The first-order chi connectivity index (χ1) is 13.0. The fourth-order valence-corrected chi connectivity index (χ4v) is 2.70. The summed E-state index contributed by atoms with van der Waals surface area (Å²) >= 11 is 0. The summed E-state index contributed by atoms with van der Waals surface area (Å²) in [6, 6.07) is 14.3. The number of esters is 1. The average molecular weight is 368 g/mol. The quantitative estimate of drug-likeness (QED) is 0.760. The maximum Gasteiger partial charge on any atom is 0.339 e. The van der Waals surface area contributed by atoms with Crippen molar-refractivity contribution in [2.45, 2.75) is 26.7 Å². The van der Waals surface area contributed by atoms with Gasteiger partial charge in [0.05, 0.1) is 18.4 Å². The second kappa shape index (κ2) is 9.52. The zero-order chi connectivity index (χ0) is 19.8. The molecule has 0 bridgehead atoms. The maximum atomic E-state index is 12.3. The van der Waals surface area contributed by atoms with Crippen molar-refractivity contribution in [3.63, 3.8) is 0 Å². The van der Waals surface area contributed by atoms with Gasteiger partial charge in [0.25, 0.3) is 0 Å². The molecular weight excluding hydrogens is 344 g/mol. The number of rotatable bonds is 7. The minimum atomic E-state index is -0.530. The van der Waals surface area contributed by atoms with E-state index >= 15 is 0 Å². The van der Waals surface area contributed by atoms with Crippen LogP contribution in [-0.4, -0.2) is 31.4 Å². The lowest BCUT2D eigenvalue weighted by molar-refractivity contribution is -0.117. The van der Waals surface area contributed by atoms with Crippen molar-refractivity contribution in [2.75, 3.05) is 23.9 Å². The smallest absolute Gasteiger partial charge is 0.339 e. The predicted molar refractivity (Wildman–Crippen MR) is 105 cm³/mol. The predicted octanol–water partition coefficient (Wildman–Crippen LogP) is 3.42. The molecule has 0 saturated carbocycles. The van der Waals surface area contributed by atoms with E-state index in [0.717, 1.165) is 6.42 Å². The lowest BCUT2D eigenvalue weighted by Gasteiger charge is -2.23. The topological polar surface area (TPSA) is 75.7 Å². The van der Waals surface area contributed by atoms with Crippen LogP contribution in [0.1, 0.15) is 36.2 Å². The molecule has 142 valence electrons. The Morgan fingerprint density at radius 3 is 2.30 bits per heavy atom. The molecule has 0 saturated heterocycles. The van der Waals surface area contributed by atoms with Gasteiger partial charge in [0, 0.05) is 25.6 Å². The third-order valence-electron chi connectivity index (χ3n) is 4.19. The molecule has 1 N–H and O–H groups in total. The molecule has 6 nitrogen and oxygen atoms in total. The fraction of sp³-hybridized carbons (Fsp3) is 0.286. The molecule has 2 amide bonds. The van der Waals surface area contributed by atoms with Gasteiger partial charge in [-0.15, -0.1) is 0 Å². The standard InChI is InChI=1S/C21H24N2O4/c1-4-16-9-11-17(12-10-16)22-20(25)13-14-23(15(2)24)19-8-6-5-7-18(19)21(26)27-3/h5-12H,4,13-14H2,1-3H3,(H,22,25). The molecule has 0 aliphatic carbocycles. The molecule has 2 rings (SSSR count). The van der Waals surface area contributed by atoms with Gasteiger partial charge in [-0.1, -0.05) is 31.2 Å². The van der Waals surface area contributed by atoms with Crippen molar-refractivity contribution in [2.24, 2.45) is 0 Å². The van der Waals surface area contributed by atoms with Crippen LogP contribution in [0.4, 0.5) is 11.4 Å². The van der Waals surface area contributed by atoms with Gasteiger partial charge in [0.2, 0.25) is 11.8 Å². The number of methoxy groups -OCH3 is 1. The number of hydrogen-bond donors (Lipinski definition) is 1. The number of carbonyl (C=O) groups is 3. The van der Waals surface area contributed by atoms with Crippen LogP contribution < -0.4 is 10.2 Å². The Hall–Kier alpha value is -3.15. The Kier molecular flexibility index (Phi) is 7.11. The number of benzene rings is 2. The summed E-state index contributed by atoms with van der Waals surface area (Å²) in [5.41, 5.74) is 2.61. The third kappa shape index (κ3) is 5.41. The van der Waals surface area contributed by atoms with E-state index in [-0.39, 0.29) is 30.3 Å². The number of aryl methyl sites for hydroxylation is 1. The molecule has 27 heavy (non-hydrogen) atoms. The Bertz CT molecular complexity index is 815. The van der Waals surface area contributed by atoms with Crippen molar-refractivity contribution in [3.8, 4) is 0 Å². The van der Waals surface area contributed by atoms with Crippen LogP contribution in [0.5, 0.6) is 0 Å². The molecule has 2 aromatic carbocycles. The highest BCUT2D eigenvalue weighted by atomic mass is 16.5. The first-order valence-corrected chi connectivity index (χ1v) is 8.80. The second-order valence-electron chi connectivity index (χ2n) is 6.03.